The molecule has 2 fully saturated rings. The zero-order valence-corrected chi connectivity index (χ0v) is 19.8. The average molecular weight is 473 g/mol. The van der Waals surface area contributed by atoms with Crippen molar-refractivity contribution in [3.8, 4) is 5.95 Å². The quantitative estimate of drug-likeness (QED) is 0.524. The van der Waals surface area contributed by atoms with E-state index in [2.05, 4.69) is 20.9 Å². The largest absolute Gasteiger partial charge is 0.378 e. The van der Waals surface area contributed by atoms with Crippen LogP contribution in [0.25, 0.3) is 17.0 Å². The molecule has 0 aliphatic carbocycles. The monoisotopic (exact) mass is 472 g/mol. The molecule has 9 nitrogen and oxygen atoms in total. The van der Waals surface area contributed by atoms with Crippen LogP contribution in [-0.4, -0.2) is 70.4 Å². The van der Waals surface area contributed by atoms with Crippen LogP contribution in [-0.2, 0) is 4.74 Å². The molecule has 33 heavy (non-hydrogen) atoms. The molecule has 4 heterocycles. The molecule has 178 valence electrons. The van der Waals surface area contributed by atoms with Gasteiger partial charge in [-0.3, -0.25) is 4.57 Å². The number of hydrogen-bond donors (Lipinski definition) is 1. The highest BCUT2D eigenvalue weighted by molar-refractivity contribution is 5.85. The fourth-order valence-corrected chi connectivity index (χ4v) is 4.68. The van der Waals surface area contributed by atoms with Gasteiger partial charge in [-0.15, -0.1) is 12.4 Å². The number of unbranched alkanes of at least 4 members (excludes halogenated alkanes) is 1. The minimum Gasteiger partial charge on any atom is -0.378 e. The second-order valence-corrected chi connectivity index (χ2v) is 8.68. The second kappa shape index (κ2) is 11.1. The van der Waals surface area contributed by atoms with E-state index in [0.717, 1.165) is 68.5 Å². The van der Waals surface area contributed by atoms with Gasteiger partial charge < -0.3 is 20.3 Å². The lowest BCUT2D eigenvalue weighted by Gasteiger charge is -2.34. The van der Waals surface area contributed by atoms with Gasteiger partial charge in [0.25, 0.3) is 0 Å². The Bertz CT molecular complexity index is 1040. The van der Waals surface area contributed by atoms with E-state index in [1.807, 2.05) is 22.8 Å². The van der Waals surface area contributed by atoms with E-state index >= 15 is 0 Å². The van der Waals surface area contributed by atoms with Crippen LogP contribution in [0.3, 0.4) is 0 Å². The summed E-state index contributed by atoms with van der Waals surface area (Å²) in [7, 11) is 0. The number of para-hydroxylation sites is 2. The first-order valence-corrected chi connectivity index (χ1v) is 11.8. The summed E-state index contributed by atoms with van der Waals surface area (Å²) in [4.78, 5) is 23.8. The lowest BCUT2D eigenvalue weighted by atomic mass is 9.93. The van der Waals surface area contributed by atoms with Crippen molar-refractivity contribution in [2.75, 3.05) is 55.7 Å². The van der Waals surface area contributed by atoms with E-state index in [0.29, 0.717) is 25.1 Å². The van der Waals surface area contributed by atoms with Gasteiger partial charge in [0.1, 0.15) is 6.33 Å². The maximum absolute atomic E-state index is 5.69. The number of benzene rings is 1. The molecule has 1 atom stereocenters. The minimum atomic E-state index is 0. The van der Waals surface area contributed by atoms with Crippen LogP contribution < -0.4 is 15.5 Å². The second-order valence-electron chi connectivity index (χ2n) is 8.68. The fourth-order valence-electron chi connectivity index (χ4n) is 4.68. The summed E-state index contributed by atoms with van der Waals surface area (Å²) >= 11 is 0. The molecule has 0 amide bonds. The topological polar surface area (TPSA) is 98.2 Å². The van der Waals surface area contributed by atoms with Gasteiger partial charge in [-0.25, -0.2) is 4.98 Å². The molecule has 1 aromatic carbocycles. The number of hydrogen-bond acceptors (Lipinski definition) is 8. The first-order valence-electron chi connectivity index (χ1n) is 11.8. The van der Waals surface area contributed by atoms with Crippen LogP contribution in [0.1, 0.15) is 32.1 Å². The molecular weight excluding hydrogens is 440 g/mol. The van der Waals surface area contributed by atoms with Crippen molar-refractivity contribution in [2.24, 2.45) is 11.7 Å². The summed E-state index contributed by atoms with van der Waals surface area (Å²) in [6, 6.07) is 8.07. The summed E-state index contributed by atoms with van der Waals surface area (Å²) in [5.74, 6) is 2.76. The summed E-state index contributed by atoms with van der Waals surface area (Å²) < 4.78 is 7.51. The van der Waals surface area contributed by atoms with E-state index in [4.69, 9.17) is 25.4 Å². The molecule has 3 aromatic rings. The number of morpholine rings is 1. The zero-order chi connectivity index (χ0) is 21.8. The van der Waals surface area contributed by atoms with Crippen molar-refractivity contribution < 1.29 is 4.74 Å². The number of rotatable bonds is 7. The van der Waals surface area contributed by atoms with Crippen LogP contribution in [0.15, 0.2) is 30.6 Å². The Balaban J connectivity index is 0.00000259. The number of ether oxygens (including phenoxy) is 1. The summed E-state index contributed by atoms with van der Waals surface area (Å²) in [6.45, 7) is 5.69. The van der Waals surface area contributed by atoms with Gasteiger partial charge in [0.05, 0.1) is 24.2 Å². The number of imidazole rings is 1. The molecule has 0 saturated carbocycles. The number of anilines is 2. The first-order chi connectivity index (χ1) is 15.8. The Hall–Kier alpha value is -2.49. The Labute approximate surface area is 200 Å². The van der Waals surface area contributed by atoms with E-state index in [1.165, 1.54) is 19.3 Å². The molecule has 0 bridgehead atoms. The van der Waals surface area contributed by atoms with Gasteiger partial charge in [0, 0.05) is 26.2 Å². The molecule has 2 aliphatic rings. The van der Waals surface area contributed by atoms with Crippen LogP contribution in [0.4, 0.5) is 11.9 Å². The third kappa shape index (κ3) is 5.37. The molecule has 2 aromatic heterocycles. The summed E-state index contributed by atoms with van der Waals surface area (Å²) in [5.41, 5.74) is 7.62. The van der Waals surface area contributed by atoms with E-state index in [-0.39, 0.29) is 12.4 Å². The Morgan fingerprint density at radius 3 is 2.52 bits per heavy atom. The highest BCUT2D eigenvalue weighted by atomic mass is 35.5. The van der Waals surface area contributed by atoms with Crippen LogP contribution >= 0.6 is 12.4 Å². The molecule has 1 unspecified atom stereocenters. The zero-order valence-electron chi connectivity index (χ0n) is 19.0. The van der Waals surface area contributed by atoms with Crippen LogP contribution in [0.2, 0.25) is 0 Å². The number of nitrogens with zero attached hydrogens (tertiary/aromatic N) is 7. The van der Waals surface area contributed by atoms with Crippen molar-refractivity contribution in [3.63, 3.8) is 0 Å². The third-order valence-corrected chi connectivity index (χ3v) is 6.43. The predicted octanol–water partition coefficient (Wildman–Crippen LogP) is 2.81. The SMILES string of the molecule is Cl.NCCCCC1CCCN(c2nc(N3CCOCC3)nc(-n3cnc4ccccc43)n2)C1. The average Bonchev–Trinajstić information content (AvgIpc) is 3.29. The molecule has 2 saturated heterocycles. The molecule has 2 aliphatic heterocycles. The molecule has 2 N–H and O–H groups in total. The van der Waals surface area contributed by atoms with Gasteiger partial charge in [0.15, 0.2) is 0 Å². The number of nitrogens with two attached hydrogens (primary N) is 1. The smallest absolute Gasteiger partial charge is 0.242 e. The van der Waals surface area contributed by atoms with E-state index in [9.17, 15) is 0 Å². The molecular formula is C23H33ClN8O. The van der Waals surface area contributed by atoms with Gasteiger partial charge >= 0.3 is 0 Å². The van der Waals surface area contributed by atoms with Gasteiger partial charge in [0.2, 0.25) is 17.8 Å². The van der Waals surface area contributed by atoms with Crippen molar-refractivity contribution in [1.29, 1.82) is 0 Å². The highest BCUT2D eigenvalue weighted by Gasteiger charge is 2.25. The van der Waals surface area contributed by atoms with Crippen molar-refractivity contribution in [3.05, 3.63) is 30.6 Å². The van der Waals surface area contributed by atoms with Gasteiger partial charge in [-0.05, 0) is 50.3 Å². The Morgan fingerprint density at radius 1 is 0.939 bits per heavy atom. The highest BCUT2D eigenvalue weighted by Crippen LogP contribution is 2.26. The lowest BCUT2D eigenvalue weighted by Crippen LogP contribution is -2.39. The first kappa shape index (κ1) is 23.7. The van der Waals surface area contributed by atoms with Crippen LogP contribution in [0.5, 0.6) is 0 Å². The maximum Gasteiger partial charge on any atom is 0.242 e. The van der Waals surface area contributed by atoms with E-state index < -0.39 is 0 Å². The van der Waals surface area contributed by atoms with Crippen molar-refractivity contribution in [1.82, 2.24) is 24.5 Å². The molecule has 0 spiro atoms. The number of fused-ring (bicyclic) bond motifs is 1. The van der Waals surface area contributed by atoms with Crippen molar-refractivity contribution >= 4 is 35.3 Å². The normalized spacial score (nSPS) is 19.0. The number of aromatic nitrogens is 5. The lowest BCUT2D eigenvalue weighted by molar-refractivity contribution is 0.122. The minimum absolute atomic E-state index is 0. The third-order valence-electron chi connectivity index (χ3n) is 6.43. The molecule has 5 rings (SSSR count). The molecule has 0 radical (unpaired) electrons. The predicted molar refractivity (Wildman–Crippen MR) is 133 cm³/mol. The standard InChI is InChI=1S/C23H32N8O.ClH/c24-10-4-3-6-18-7-5-11-30(16-18)22-26-21(29-12-14-32-15-13-29)27-23(28-22)31-17-25-19-8-1-2-9-20(19)31;/h1-2,8-9,17-18H,3-7,10-16,24H2;1H. The maximum atomic E-state index is 5.69. The summed E-state index contributed by atoms with van der Waals surface area (Å²) in [6.07, 6.45) is 7.74. The Kier molecular flexibility index (Phi) is 7.95. The van der Waals surface area contributed by atoms with Gasteiger partial charge in [-0.1, -0.05) is 18.6 Å². The number of halogens is 1. The Morgan fingerprint density at radius 2 is 1.70 bits per heavy atom. The van der Waals surface area contributed by atoms with Gasteiger partial charge in [-0.2, -0.15) is 15.0 Å². The summed E-state index contributed by atoms with van der Waals surface area (Å²) in [5, 5.41) is 0. The van der Waals surface area contributed by atoms with Crippen molar-refractivity contribution in [2.45, 2.75) is 32.1 Å². The molecule has 10 heteroatoms. The number of piperidine rings is 1. The fraction of sp³-hybridized carbons (Fsp3) is 0.565. The van der Waals surface area contributed by atoms with Crippen LogP contribution in [0, 0.1) is 5.92 Å². The van der Waals surface area contributed by atoms with E-state index in [1.54, 1.807) is 6.33 Å².